The van der Waals surface area contributed by atoms with Crippen molar-refractivity contribution in [1.82, 2.24) is 15.3 Å². The Bertz CT molecular complexity index is 567. The number of alkyl halides is 2. The number of rotatable bonds is 4. The van der Waals surface area contributed by atoms with Crippen LogP contribution in [0.2, 0.25) is 0 Å². The second-order valence-corrected chi connectivity index (χ2v) is 3.73. The number of amides is 1. The van der Waals surface area contributed by atoms with Crippen molar-refractivity contribution in [3.8, 4) is 0 Å². The standard InChI is InChI=1S/C11H12F2N4O/c1-14-5-9(18)15-6-2-3-7-8(4-6)17-11(16-7)10(12)13/h2-4,10,14H,5H2,1H3,(H,15,18)(H,16,17). The average Bonchev–Trinajstić information content (AvgIpc) is 2.72. The van der Waals surface area contributed by atoms with Crippen molar-refractivity contribution in [1.29, 1.82) is 0 Å². The van der Waals surface area contributed by atoms with Crippen LogP contribution in [0.4, 0.5) is 14.5 Å². The van der Waals surface area contributed by atoms with Crippen LogP contribution < -0.4 is 10.6 Å². The summed E-state index contributed by atoms with van der Waals surface area (Å²) in [5.74, 6) is -0.575. The SMILES string of the molecule is CNCC(=O)Nc1ccc2nc(C(F)F)[nH]c2c1. The molecule has 18 heavy (non-hydrogen) atoms. The predicted octanol–water partition coefficient (Wildman–Crippen LogP) is 1.66. The van der Waals surface area contributed by atoms with Crippen LogP contribution in [0.3, 0.4) is 0 Å². The Morgan fingerprint density at radius 3 is 2.94 bits per heavy atom. The summed E-state index contributed by atoms with van der Waals surface area (Å²) >= 11 is 0. The number of H-pyrrole nitrogens is 1. The third kappa shape index (κ3) is 2.62. The van der Waals surface area contributed by atoms with Gasteiger partial charge in [0.1, 0.15) is 0 Å². The van der Waals surface area contributed by atoms with E-state index in [-0.39, 0.29) is 18.3 Å². The zero-order valence-corrected chi connectivity index (χ0v) is 9.63. The highest BCUT2D eigenvalue weighted by atomic mass is 19.3. The van der Waals surface area contributed by atoms with E-state index in [1.54, 1.807) is 25.2 Å². The molecule has 1 heterocycles. The van der Waals surface area contributed by atoms with E-state index in [1.807, 2.05) is 0 Å². The number of imidazole rings is 1. The molecule has 7 heteroatoms. The first-order valence-corrected chi connectivity index (χ1v) is 5.32. The van der Waals surface area contributed by atoms with Crippen LogP contribution in [0.5, 0.6) is 0 Å². The molecule has 5 nitrogen and oxygen atoms in total. The quantitative estimate of drug-likeness (QED) is 0.777. The molecule has 1 aromatic carbocycles. The normalized spacial score (nSPS) is 11.1. The molecule has 2 aromatic rings. The molecule has 0 radical (unpaired) electrons. The Labute approximate surface area is 102 Å². The number of hydrogen-bond donors (Lipinski definition) is 3. The Hall–Kier alpha value is -2.02. The van der Waals surface area contributed by atoms with Crippen LogP contribution in [-0.4, -0.2) is 29.5 Å². The molecule has 96 valence electrons. The van der Waals surface area contributed by atoms with Gasteiger partial charge in [-0.25, -0.2) is 13.8 Å². The molecule has 0 spiro atoms. The van der Waals surface area contributed by atoms with Crippen molar-refractivity contribution in [2.24, 2.45) is 0 Å². The molecule has 0 unspecified atom stereocenters. The molecule has 0 aliphatic rings. The Balaban J connectivity index is 2.24. The first-order valence-electron chi connectivity index (χ1n) is 5.32. The number of likely N-dealkylation sites (N-methyl/N-ethyl adjacent to an activating group) is 1. The van der Waals surface area contributed by atoms with Gasteiger partial charge in [-0.3, -0.25) is 4.79 Å². The number of aromatic nitrogens is 2. The summed E-state index contributed by atoms with van der Waals surface area (Å²) in [4.78, 5) is 17.6. The van der Waals surface area contributed by atoms with Gasteiger partial charge in [0.05, 0.1) is 17.6 Å². The van der Waals surface area contributed by atoms with E-state index in [0.717, 1.165) is 0 Å². The first kappa shape index (κ1) is 12.4. The lowest BCUT2D eigenvalue weighted by atomic mass is 10.3. The van der Waals surface area contributed by atoms with Crippen LogP contribution >= 0.6 is 0 Å². The Morgan fingerprint density at radius 1 is 1.50 bits per heavy atom. The number of nitrogens with one attached hydrogen (secondary N) is 3. The third-order valence-electron chi connectivity index (χ3n) is 2.33. The Morgan fingerprint density at radius 2 is 2.28 bits per heavy atom. The molecule has 0 saturated carbocycles. The summed E-state index contributed by atoms with van der Waals surface area (Å²) in [5.41, 5.74) is 1.44. The predicted molar refractivity (Wildman–Crippen MR) is 63.6 cm³/mol. The largest absolute Gasteiger partial charge is 0.337 e. The second-order valence-electron chi connectivity index (χ2n) is 3.73. The Kier molecular flexibility index (Phi) is 3.52. The molecular weight excluding hydrogens is 242 g/mol. The van der Waals surface area contributed by atoms with Gasteiger partial charge in [-0.2, -0.15) is 0 Å². The number of aromatic amines is 1. The molecule has 1 aromatic heterocycles. The fraction of sp³-hybridized carbons (Fsp3) is 0.273. The van der Waals surface area contributed by atoms with E-state index in [4.69, 9.17) is 0 Å². The molecule has 0 aliphatic heterocycles. The summed E-state index contributed by atoms with van der Waals surface area (Å²) in [6, 6.07) is 4.76. The van der Waals surface area contributed by atoms with Gasteiger partial charge in [0.25, 0.3) is 6.43 Å². The highest BCUT2D eigenvalue weighted by Gasteiger charge is 2.12. The second kappa shape index (κ2) is 5.09. The van der Waals surface area contributed by atoms with Crippen LogP contribution in [-0.2, 0) is 4.79 Å². The van der Waals surface area contributed by atoms with E-state index in [0.29, 0.717) is 16.7 Å². The van der Waals surface area contributed by atoms with E-state index in [9.17, 15) is 13.6 Å². The van der Waals surface area contributed by atoms with Crippen LogP contribution in [0.1, 0.15) is 12.2 Å². The maximum atomic E-state index is 12.4. The topological polar surface area (TPSA) is 69.8 Å². The van der Waals surface area contributed by atoms with E-state index >= 15 is 0 Å². The average molecular weight is 254 g/mol. The van der Waals surface area contributed by atoms with Gasteiger partial charge in [-0.1, -0.05) is 0 Å². The van der Waals surface area contributed by atoms with E-state index in [2.05, 4.69) is 20.6 Å². The molecule has 0 fully saturated rings. The van der Waals surface area contributed by atoms with E-state index in [1.165, 1.54) is 0 Å². The molecule has 0 aliphatic carbocycles. The van der Waals surface area contributed by atoms with Crippen molar-refractivity contribution in [3.05, 3.63) is 24.0 Å². The number of anilines is 1. The lowest BCUT2D eigenvalue weighted by Gasteiger charge is -2.03. The van der Waals surface area contributed by atoms with Crippen LogP contribution in [0.15, 0.2) is 18.2 Å². The van der Waals surface area contributed by atoms with Gasteiger partial charge in [0, 0.05) is 5.69 Å². The van der Waals surface area contributed by atoms with Crippen molar-refractivity contribution in [2.45, 2.75) is 6.43 Å². The number of benzene rings is 1. The molecule has 0 bridgehead atoms. The first-order chi connectivity index (χ1) is 8.60. The third-order valence-corrected chi connectivity index (χ3v) is 2.33. The summed E-state index contributed by atoms with van der Waals surface area (Å²) in [5, 5.41) is 5.35. The van der Waals surface area contributed by atoms with Crippen molar-refractivity contribution >= 4 is 22.6 Å². The minimum atomic E-state index is -2.64. The van der Waals surface area contributed by atoms with Gasteiger partial charge >= 0.3 is 0 Å². The molecule has 3 N–H and O–H groups in total. The number of nitrogens with zero attached hydrogens (tertiary/aromatic N) is 1. The van der Waals surface area contributed by atoms with Crippen LogP contribution in [0, 0.1) is 0 Å². The van der Waals surface area contributed by atoms with Gasteiger partial charge < -0.3 is 15.6 Å². The highest BCUT2D eigenvalue weighted by molar-refractivity contribution is 5.94. The fourth-order valence-corrected chi connectivity index (χ4v) is 1.58. The fourth-order valence-electron chi connectivity index (χ4n) is 1.58. The monoisotopic (exact) mass is 254 g/mol. The lowest BCUT2D eigenvalue weighted by molar-refractivity contribution is -0.115. The molecule has 0 atom stereocenters. The molecule has 1 amide bonds. The number of carbonyl (C=O) groups excluding carboxylic acids is 1. The number of carbonyl (C=O) groups is 1. The molecule has 2 rings (SSSR count). The maximum Gasteiger partial charge on any atom is 0.295 e. The van der Waals surface area contributed by atoms with Crippen LogP contribution in [0.25, 0.3) is 11.0 Å². The zero-order chi connectivity index (χ0) is 13.1. The summed E-state index contributed by atoms with van der Waals surface area (Å²) in [6.45, 7) is 0.184. The lowest BCUT2D eigenvalue weighted by Crippen LogP contribution is -2.24. The number of fused-ring (bicyclic) bond motifs is 1. The zero-order valence-electron chi connectivity index (χ0n) is 9.63. The smallest absolute Gasteiger partial charge is 0.295 e. The molecular formula is C11H12F2N4O. The number of hydrogen-bond acceptors (Lipinski definition) is 3. The maximum absolute atomic E-state index is 12.4. The molecule has 0 saturated heterocycles. The highest BCUT2D eigenvalue weighted by Crippen LogP contribution is 2.22. The van der Waals surface area contributed by atoms with Crippen molar-refractivity contribution < 1.29 is 13.6 Å². The summed E-state index contributed by atoms with van der Waals surface area (Å²) in [6.07, 6.45) is -2.64. The summed E-state index contributed by atoms with van der Waals surface area (Å²) in [7, 11) is 1.66. The van der Waals surface area contributed by atoms with Crippen molar-refractivity contribution in [3.63, 3.8) is 0 Å². The minimum absolute atomic E-state index is 0.184. The van der Waals surface area contributed by atoms with Gasteiger partial charge in [0.2, 0.25) is 5.91 Å². The number of halogens is 2. The van der Waals surface area contributed by atoms with Gasteiger partial charge in [-0.05, 0) is 25.2 Å². The van der Waals surface area contributed by atoms with Crippen molar-refractivity contribution in [2.75, 3.05) is 18.9 Å². The summed E-state index contributed by atoms with van der Waals surface area (Å²) < 4.78 is 24.9. The van der Waals surface area contributed by atoms with Gasteiger partial charge in [0.15, 0.2) is 5.82 Å². The minimum Gasteiger partial charge on any atom is -0.337 e. The van der Waals surface area contributed by atoms with Gasteiger partial charge in [-0.15, -0.1) is 0 Å². The van der Waals surface area contributed by atoms with E-state index < -0.39 is 6.43 Å².